The smallest absolute Gasteiger partial charge is 0.244 e. The molecule has 0 unspecified atom stereocenters. The summed E-state index contributed by atoms with van der Waals surface area (Å²) in [6, 6.07) is 5.08. The van der Waals surface area contributed by atoms with Crippen molar-refractivity contribution in [3.05, 3.63) is 39.9 Å². The second-order valence-corrected chi connectivity index (χ2v) is 6.20. The number of amides is 1. The first-order valence-electron chi connectivity index (χ1n) is 6.36. The molecule has 3 nitrogen and oxygen atoms in total. The Kier molecular flexibility index (Phi) is 6.53. The molecule has 0 saturated carbocycles. The third kappa shape index (κ3) is 5.95. The molecular formula is C15H19Cl2NO2. The van der Waals surface area contributed by atoms with Crippen LogP contribution in [0.4, 0.5) is 0 Å². The number of halogens is 2. The fraction of sp³-hybridized carbons (Fsp3) is 0.400. The number of carbonyl (C=O) groups excluding carboxylic acids is 1. The molecule has 0 bridgehead atoms. The molecule has 5 heteroatoms. The lowest BCUT2D eigenvalue weighted by atomic mass is 9.90. The van der Waals surface area contributed by atoms with Gasteiger partial charge in [0.05, 0.1) is 0 Å². The van der Waals surface area contributed by atoms with Gasteiger partial charge in [-0.3, -0.25) is 4.79 Å². The summed E-state index contributed by atoms with van der Waals surface area (Å²) in [4.78, 5) is 11.7. The largest absolute Gasteiger partial charge is 0.396 e. The standard InChI is InChI=1S/C15H19Cl2NO2/c1-15(2,7-8-19)10-18-14(20)6-3-11-9-12(16)4-5-13(11)17/h3-6,9,19H,7-8,10H2,1-2H3,(H,18,20)/b6-3+. The summed E-state index contributed by atoms with van der Waals surface area (Å²) in [5.74, 6) is -0.202. The van der Waals surface area contributed by atoms with Crippen LogP contribution in [0.15, 0.2) is 24.3 Å². The summed E-state index contributed by atoms with van der Waals surface area (Å²) in [5.41, 5.74) is 0.565. The molecule has 0 atom stereocenters. The number of hydrogen-bond acceptors (Lipinski definition) is 2. The van der Waals surface area contributed by atoms with Crippen LogP contribution >= 0.6 is 23.2 Å². The van der Waals surface area contributed by atoms with E-state index in [0.717, 1.165) is 0 Å². The van der Waals surface area contributed by atoms with Crippen LogP contribution in [0.1, 0.15) is 25.8 Å². The molecule has 0 aliphatic heterocycles. The lowest BCUT2D eigenvalue weighted by molar-refractivity contribution is -0.116. The van der Waals surface area contributed by atoms with E-state index in [1.807, 2.05) is 13.8 Å². The van der Waals surface area contributed by atoms with Gasteiger partial charge in [-0.05, 0) is 41.7 Å². The fourth-order valence-corrected chi connectivity index (χ4v) is 1.95. The molecule has 0 fully saturated rings. The molecule has 1 aromatic carbocycles. The maximum absolute atomic E-state index is 11.7. The molecule has 0 radical (unpaired) electrons. The van der Waals surface area contributed by atoms with Crippen LogP contribution in [0.5, 0.6) is 0 Å². The number of hydrogen-bond donors (Lipinski definition) is 2. The predicted molar refractivity (Wildman–Crippen MR) is 84.0 cm³/mol. The second-order valence-electron chi connectivity index (χ2n) is 5.35. The lowest BCUT2D eigenvalue weighted by Crippen LogP contribution is -2.33. The Bertz CT molecular complexity index is 499. The first-order chi connectivity index (χ1) is 9.34. The molecule has 1 amide bonds. The molecule has 110 valence electrons. The van der Waals surface area contributed by atoms with E-state index in [4.69, 9.17) is 28.3 Å². The van der Waals surface area contributed by atoms with Crippen molar-refractivity contribution in [3.63, 3.8) is 0 Å². The van der Waals surface area contributed by atoms with Crippen molar-refractivity contribution in [3.8, 4) is 0 Å². The van der Waals surface area contributed by atoms with Gasteiger partial charge in [-0.25, -0.2) is 0 Å². The van der Waals surface area contributed by atoms with Crippen LogP contribution in [0.2, 0.25) is 10.0 Å². The highest BCUT2D eigenvalue weighted by Gasteiger charge is 2.17. The van der Waals surface area contributed by atoms with Gasteiger partial charge in [0.1, 0.15) is 0 Å². The molecule has 1 aromatic rings. The lowest BCUT2D eigenvalue weighted by Gasteiger charge is -2.23. The van der Waals surface area contributed by atoms with Crippen LogP contribution in [0.25, 0.3) is 6.08 Å². The Balaban J connectivity index is 2.58. The zero-order valence-corrected chi connectivity index (χ0v) is 13.1. The Morgan fingerprint density at radius 2 is 2.10 bits per heavy atom. The van der Waals surface area contributed by atoms with E-state index in [-0.39, 0.29) is 17.9 Å². The van der Waals surface area contributed by atoms with Gasteiger partial charge in [-0.15, -0.1) is 0 Å². The number of benzene rings is 1. The minimum Gasteiger partial charge on any atom is -0.396 e. The molecule has 0 aromatic heterocycles. The Morgan fingerprint density at radius 1 is 1.40 bits per heavy atom. The van der Waals surface area contributed by atoms with Crippen molar-refractivity contribution in [2.24, 2.45) is 5.41 Å². The summed E-state index contributed by atoms with van der Waals surface area (Å²) >= 11 is 11.9. The van der Waals surface area contributed by atoms with Gasteiger partial charge < -0.3 is 10.4 Å². The zero-order valence-electron chi connectivity index (χ0n) is 11.6. The number of carbonyl (C=O) groups is 1. The average molecular weight is 316 g/mol. The SMILES string of the molecule is CC(C)(CCO)CNC(=O)/C=C/c1cc(Cl)ccc1Cl. The van der Waals surface area contributed by atoms with Crippen molar-refractivity contribution >= 4 is 35.2 Å². The van der Waals surface area contributed by atoms with E-state index in [9.17, 15) is 4.79 Å². The van der Waals surface area contributed by atoms with E-state index in [2.05, 4.69) is 5.32 Å². The van der Waals surface area contributed by atoms with Gasteiger partial charge in [0.2, 0.25) is 5.91 Å². The summed E-state index contributed by atoms with van der Waals surface area (Å²) < 4.78 is 0. The number of rotatable bonds is 6. The summed E-state index contributed by atoms with van der Waals surface area (Å²) in [6.45, 7) is 4.58. The van der Waals surface area contributed by atoms with Crippen LogP contribution < -0.4 is 5.32 Å². The predicted octanol–water partition coefficient (Wildman–Crippen LogP) is 3.53. The molecule has 2 N–H and O–H groups in total. The highest BCUT2D eigenvalue weighted by Crippen LogP contribution is 2.22. The van der Waals surface area contributed by atoms with Crippen LogP contribution in [0, 0.1) is 5.41 Å². The topological polar surface area (TPSA) is 49.3 Å². The van der Waals surface area contributed by atoms with Gasteiger partial charge in [-0.2, -0.15) is 0 Å². The Morgan fingerprint density at radius 3 is 2.75 bits per heavy atom. The molecule has 0 aliphatic carbocycles. The molecular weight excluding hydrogens is 297 g/mol. The quantitative estimate of drug-likeness (QED) is 0.789. The Labute approximate surface area is 129 Å². The van der Waals surface area contributed by atoms with Crippen molar-refractivity contribution in [1.82, 2.24) is 5.32 Å². The number of nitrogens with one attached hydrogen (secondary N) is 1. The molecule has 0 spiro atoms. The number of aliphatic hydroxyl groups excluding tert-OH is 1. The second kappa shape index (κ2) is 7.67. The van der Waals surface area contributed by atoms with Crippen molar-refractivity contribution < 1.29 is 9.90 Å². The van der Waals surface area contributed by atoms with Gasteiger partial charge >= 0.3 is 0 Å². The normalized spacial score (nSPS) is 11.8. The van der Waals surface area contributed by atoms with Crippen molar-refractivity contribution in [2.45, 2.75) is 20.3 Å². The van der Waals surface area contributed by atoms with E-state index in [1.165, 1.54) is 6.08 Å². The third-order valence-electron chi connectivity index (χ3n) is 2.90. The maximum Gasteiger partial charge on any atom is 0.244 e. The summed E-state index contributed by atoms with van der Waals surface area (Å²) in [5, 5.41) is 12.8. The van der Waals surface area contributed by atoms with Gasteiger partial charge in [0.25, 0.3) is 0 Å². The molecule has 20 heavy (non-hydrogen) atoms. The van der Waals surface area contributed by atoms with E-state index < -0.39 is 0 Å². The first-order valence-corrected chi connectivity index (χ1v) is 7.11. The van der Waals surface area contributed by atoms with Crippen molar-refractivity contribution in [1.29, 1.82) is 0 Å². The van der Waals surface area contributed by atoms with E-state index in [1.54, 1.807) is 24.3 Å². The van der Waals surface area contributed by atoms with E-state index in [0.29, 0.717) is 28.6 Å². The van der Waals surface area contributed by atoms with Crippen molar-refractivity contribution in [2.75, 3.05) is 13.2 Å². The van der Waals surface area contributed by atoms with Crippen LogP contribution in [0.3, 0.4) is 0 Å². The Hall–Kier alpha value is -1.03. The van der Waals surface area contributed by atoms with Gasteiger partial charge in [0.15, 0.2) is 0 Å². The highest BCUT2D eigenvalue weighted by atomic mass is 35.5. The average Bonchev–Trinajstić information content (AvgIpc) is 2.37. The maximum atomic E-state index is 11.7. The first kappa shape index (κ1) is 17.0. The third-order valence-corrected chi connectivity index (χ3v) is 3.48. The number of aliphatic hydroxyl groups is 1. The molecule has 0 saturated heterocycles. The molecule has 1 rings (SSSR count). The van der Waals surface area contributed by atoms with Gasteiger partial charge in [-0.1, -0.05) is 37.0 Å². The fourth-order valence-electron chi connectivity index (χ4n) is 1.58. The zero-order chi connectivity index (χ0) is 15.2. The minimum atomic E-state index is -0.202. The highest BCUT2D eigenvalue weighted by molar-refractivity contribution is 6.34. The van der Waals surface area contributed by atoms with Crippen LogP contribution in [-0.4, -0.2) is 24.2 Å². The van der Waals surface area contributed by atoms with Crippen LogP contribution in [-0.2, 0) is 4.79 Å². The molecule has 0 aliphatic rings. The van der Waals surface area contributed by atoms with Gasteiger partial charge in [0, 0.05) is 29.3 Å². The summed E-state index contributed by atoms with van der Waals surface area (Å²) in [7, 11) is 0. The van der Waals surface area contributed by atoms with E-state index >= 15 is 0 Å². The summed E-state index contributed by atoms with van der Waals surface area (Å²) in [6.07, 6.45) is 3.69. The monoisotopic (exact) mass is 315 g/mol. The minimum absolute atomic E-state index is 0.108. The molecule has 0 heterocycles.